The molecule has 0 atom stereocenters. The van der Waals surface area contributed by atoms with Gasteiger partial charge in [0.05, 0.1) is 11.4 Å². The van der Waals surface area contributed by atoms with E-state index in [-0.39, 0.29) is 17.4 Å². The number of aryl methyl sites for hydroxylation is 1. The molecule has 0 aliphatic carbocycles. The molecule has 3 rings (SSSR count). The van der Waals surface area contributed by atoms with E-state index in [1.807, 2.05) is 69.6 Å². The molecule has 0 fully saturated rings. The van der Waals surface area contributed by atoms with Gasteiger partial charge in [-0.2, -0.15) is 5.10 Å². The Morgan fingerprint density at radius 1 is 0.968 bits per heavy atom. The Morgan fingerprint density at radius 2 is 1.61 bits per heavy atom. The molecule has 0 aliphatic rings. The number of carbonyl (C=O) groups excluding carboxylic acids is 2. The van der Waals surface area contributed by atoms with Crippen molar-refractivity contribution in [3.8, 4) is 5.69 Å². The minimum absolute atomic E-state index is 0.147. The van der Waals surface area contributed by atoms with Gasteiger partial charge in [-0.05, 0) is 77.1 Å². The third-order valence-corrected chi connectivity index (χ3v) is 4.65. The molecular weight excluding hydrogens is 388 g/mol. The summed E-state index contributed by atoms with van der Waals surface area (Å²) in [5.74, 6) is -0.398. The predicted octanol–water partition coefficient (Wildman–Crippen LogP) is 4.67. The summed E-state index contributed by atoms with van der Waals surface area (Å²) in [6.07, 6.45) is 3.27. The normalized spacial score (nSPS) is 11.5. The van der Waals surface area contributed by atoms with Crippen LogP contribution in [0.25, 0.3) is 11.8 Å². The van der Waals surface area contributed by atoms with E-state index in [0.717, 1.165) is 22.6 Å². The molecule has 0 unspecified atom stereocenters. The number of hydrogen-bond donors (Lipinski definition) is 2. The van der Waals surface area contributed by atoms with Gasteiger partial charge in [-0.1, -0.05) is 18.2 Å². The van der Waals surface area contributed by atoms with Crippen LogP contribution in [0, 0.1) is 13.8 Å². The number of rotatable bonds is 5. The van der Waals surface area contributed by atoms with E-state index < -0.39 is 0 Å². The molecule has 31 heavy (non-hydrogen) atoms. The number of para-hydroxylation sites is 1. The highest BCUT2D eigenvalue weighted by molar-refractivity contribution is 6.02. The minimum Gasteiger partial charge on any atom is -0.347 e. The molecule has 3 aromatic rings. The highest BCUT2D eigenvalue weighted by atomic mass is 16.2. The van der Waals surface area contributed by atoms with Crippen molar-refractivity contribution in [3.63, 3.8) is 0 Å². The summed E-state index contributed by atoms with van der Waals surface area (Å²) >= 11 is 0. The van der Waals surface area contributed by atoms with Crippen molar-refractivity contribution in [3.05, 3.63) is 83.2 Å². The third kappa shape index (κ3) is 5.69. The second-order valence-electron chi connectivity index (χ2n) is 8.44. The second-order valence-corrected chi connectivity index (χ2v) is 8.44. The molecule has 1 heterocycles. The monoisotopic (exact) mass is 416 g/mol. The second kappa shape index (κ2) is 9.00. The molecule has 2 N–H and O–H groups in total. The molecule has 2 amide bonds. The Hall–Kier alpha value is -3.67. The molecule has 0 radical (unpaired) electrons. The Bertz CT molecular complexity index is 1100. The largest absolute Gasteiger partial charge is 0.347 e. The van der Waals surface area contributed by atoms with E-state index in [9.17, 15) is 9.59 Å². The van der Waals surface area contributed by atoms with E-state index in [2.05, 4.69) is 15.7 Å². The molecule has 0 spiro atoms. The van der Waals surface area contributed by atoms with Gasteiger partial charge in [0.2, 0.25) is 5.91 Å². The summed E-state index contributed by atoms with van der Waals surface area (Å²) < 4.78 is 1.87. The lowest BCUT2D eigenvalue weighted by Gasteiger charge is -2.20. The Balaban J connectivity index is 1.67. The molecule has 0 saturated heterocycles. The average Bonchev–Trinajstić information content (AvgIpc) is 3.00. The van der Waals surface area contributed by atoms with Gasteiger partial charge in [-0.3, -0.25) is 9.59 Å². The summed E-state index contributed by atoms with van der Waals surface area (Å²) in [5, 5.41) is 10.3. The number of hydrogen-bond acceptors (Lipinski definition) is 3. The molecule has 0 bridgehead atoms. The van der Waals surface area contributed by atoms with Crippen molar-refractivity contribution in [1.29, 1.82) is 0 Å². The topological polar surface area (TPSA) is 76.0 Å². The minimum atomic E-state index is -0.306. The van der Waals surface area contributed by atoms with Crippen LogP contribution in [-0.4, -0.2) is 27.1 Å². The van der Waals surface area contributed by atoms with Gasteiger partial charge in [0.25, 0.3) is 5.91 Å². The molecule has 160 valence electrons. The molecule has 0 saturated carbocycles. The summed E-state index contributed by atoms with van der Waals surface area (Å²) in [5.41, 5.74) is 4.55. The smallest absolute Gasteiger partial charge is 0.251 e. The number of anilines is 1. The number of nitrogens with one attached hydrogen (secondary N) is 2. The lowest BCUT2D eigenvalue weighted by atomic mass is 10.1. The predicted molar refractivity (Wildman–Crippen MR) is 124 cm³/mol. The van der Waals surface area contributed by atoms with Crippen molar-refractivity contribution in [2.24, 2.45) is 0 Å². The standard InChI is InChI=1S/C25H28N4O2/c1-17-22(18(2)29(28-17)21-9-7-6-8-10-21)15-16-23(30)26-20-13-11-19(12-14-20)24(31)27-25(3,4)5/h6-16H,1-5H3,(H,26,30)(H,27,31)/b16-15+. The van der Waals surface area contributed by atoms with Gasteiger partial charge in [0, 0.05) is 34.1 Å². The van der Waals surface area contributed by atoms with E-state index in [0.29, 0.717) is 11.3 Å². The number of aromatic nitrogens is 2. The van der Waals surface area contributed by atoms with E-state index in [1.54, 1.807) is 30.3 Å². The summed E-state index contributed by atoms with van der Waals surface area (Å²) in [4.78, 5) is 24.6. The van der Waals surface area contributed by atoms with Gasteiger partial charge in [-0.15, -0.1) is 0 Å². The van der Waals surface area contributed by atoms with Crippen LogP contribution in [0.2, 0.25) is 0 Å². The van der Waals surface area contributed by atoms with Gasteiger partial charge < -0.3 is 10.6 Å². The van der Waals surface area contributed by atoms with Crippen LogP contribution in [0.3, 0.4) is 0 Å². The molecule has 6 nitrogen and oxygen atoms in total. The Labute approximate surface area is 183 Å². The third-order valence-electron chi connectivity index (χ3n) is 4.65. The van der Waals surface area contributed by atoms with Gasteiger partial charge in [-0.25, -0.2) is 4.68 Å². The van der Waals surface area contributed by atoms with Crippen LogP contribution in [0.4, 0.5) is 5.69 Å². The first-order valence-corrected chi connectivity index (χ1v) is 10.2. The lowest BCUT2D eigenvalue weighted by molar-refractivity contribution is -0.111. The van der Waals surface area contributed by atoms with Crippen molar-refractivity contribution >= 4 is 23.6 Å². The van der Waals surface area contributed by atoms with Crippen LogP contribution in [0.5, 0.6) is 0 Å². The van der Waals surface area contributed by atoms with Crippen LogP contribution in [0.15, 0.2) is 60.7 Å². The van der Waals surface area contributed by atoms with Crippen molar-refractivity contribution in [2.75, 3.05) is 5.32 Å². The first kappa shape index (κ1) is 22.0. The Kier molecular flexibility index (Phi) is 6.39. The first-order valence-electron chi connectivity index (χ1n) is 10.2. The van der Waals surface area contributed by atoms with Crippen molar-refractivity contribution < 1.29 is 9.59 Å². The maximum Gasteiger partial charge on any atom is 0.251 e. The summed E-state index contributed by atoms with van der Waals surface area (Å²) in [6.45, 7) is 9.69. The lowest BCUT2D eigenvalue weighted by Crippen LogP contribution is -2.40. The van der Waals surface area contributed by atoms with Crippen LogP contribution in [0.1, 0.15) is 48.1 Å². The van der Waals surface area contributed by atoms with E-state index in [1.165, 1.54) is 6.08 Å². The summed E-state index contributed by atoms with van der Waals surface area (Å²) in [7, 11) is 0. The zero-order valence-corrected chi connectivity index (χ0v) is 18.6. The zero-order chi connectivity index (χ0) is 22.6. The van der Waals surface area contributed by atoms with Crippen LogP contribution >= 0.6 is 0 Å². The molecule has 0 aliphatic heterocycles. The van der Waals surface area contributed by atoms with Crippen LogP contribution < -0.4 is 10.6 Å². The number of amides is 2. The molecule has 2 aromatic carbocycles. The highest BCUT2D eigenvalue weighted by Gasteiger charge is 2.15. The fourth-order valence-corrected chi connectivity index (χ4v) is 3.18. The fourth-order valence-electron chi connectivity index (χ4n) is 3.18. The molecule has 1 aromatic heterocycles. The quantitative estimate of drug-likeness (QED) is 0.594. The molecular formula is C25H28N4O2. The average molecular weight is 417 g/mol. The summed E-state index contributed by atoms with van der Waals surface area (Å²) in [6, 6.07) is 16.7. The van der Waals surface area contributed by atoms with Gasteiger partial charge >= 0.3 is 0 Å². The zero-order valence-electron chi connectivity index (χ0n) is 18.6. The Morgan fingerprint density at radius 3 is 2.23 bits per heavy atom. The van der Waals surface area contributed by atoms with Crippen molar-refractivity contribution in [1.82, 2.24) is 15.1 Å². The maximum atomic E-state index is 12.4. The van der Waals surface area contributed by atoms with Crippen molar-refractivity contribution in [2.45, 2.75) is 40.2 Å². The SMILES string of the molecule is Cc1nn(-c2ccccc2)c(C)c1/C=C/C(=O)Nc1ccc(C(=O)NC(C)(C)C)cc1. The van der Waals surface area contributed by atoms with Gasteiger partial charge in [0.1, 0.15) is 0 Å². The van der Waals surface area contributed by atoms with Gasteiger partial charge in [0.15, 0.2) is 0 Å². The van der Waals surface area contributed by atoms with E-state index in [4.69, 9.17) is 0 Å². The molecule has 6 heteroatoms. The number of carbonyl (C=O) groups is 2. The van der Waals surface area contributed by atoms with E-state index >= 15 is 0 Å². The maximum absolute atomic E-state index is 12.4. The number of benzene rings is 2. The fraction of sp³-hybridized carbons (Fsp3) is 0.240. The first-order chi connectivity index (χ1) is 14.6. The number of nitrogens with zero attached hydrogens (tertiary/aromatic N) is 2. The van der Waals surface area contributed by atoms with Crippen LogP contribution in [-0.2, 0) is 4.79 Å². The highest BCUT2D eigenvalue weighted by Crippen LogP contribution is 2.19.